The number of aryl methyl sites for hydroxylation is 1. The fourth-order valence-electron chi connectivity index (χ4n) is 3.69. The maximum atomic E-state index is 5.94. The molecular weight excluding hydrogens is 246 g/mol. The van der Waals surface area contributed by atoms with Gasteiger partial charge in [-0.3, -0.25) is 0 Å². The summed E-state index contributed by atoms with van der Waals surface area (Å²) < 4.78 is 2.43. The van der Waals surface area contributed by atoms with Crippen LogP contribution in [0.1, 0.15) is 60.9 Å². The van der Waals surface area contributed by atoms with E-state index in [2.05, 4.69) is 27.9 Å². The molecular formula is C17H21N3. The number of hydrogen-bond donors (Lipinski definition) is 1. The van der Waals surface area contributed by atoms with Gasteiger partial charge in [0.1, 0.15) is 0 Å². The van der Waals surface area contributed by atoms with Crippen molar-refractivity contribution in [2.75, 3.05) is 5.73 Å². The highest BCUT2D eigenvalue weighted by molar-refractivity contribution is 5.47. The Labute approximate surface area is 119 Å². The number of hydrogen-bond acceptors (Lipinski definition) is 2. The number of anilines is 1. The van der Waals surface area contributed by atoms with Crippen LogP contribution in [-0.4, -0.2) is 9.55 Å². The van der Waals surface area contributed by atoms with Crippen LogP contribution in [0.3, 0.4) is 0 Å². The standard InChI is InChI=1S/C17H21N3/c18-14-7-8-15-13(9-14)5-2-6-16(15)20-11-19-10-17(20)12-3-1-4-12/h7-12,16H,1-6,18H2. The molecule has 1 aromatic heterocycles. The van der Waals surface area contributed by atoms with Gasteiger partial charge in [-0.25, -0.2) is 4.98 Å². The van der Waals surface area contributed by atoms with Crippen molar-refractivity contribution in [2.45, 2.75) is 50.5 Å². The third-order valence-electron chi connectivity index (χ3n) is 5.00. The second kappa shape index (κ2) is 4.65. The summed E-state index contributed by atoms with van der Waals surface area (Å²) in [7, 11) is 0. The zero-order chi connectivity index (χ0) is 13.5. The van der Waals surface area contributed by atoms with Crippen LogP contribution in [0.2, 0.25) is 0 Å². The van der Waals surface area contributed by atoms with Crippen molar-refractivity contribution in [1.29, 1.82) is 0 Å². The van der Waals surface area contributed by atoms with Crippen LogP contribution in [0.25, 0.3) is 0 Å². The maximum Gasteiger partial charge on any atom is 0.0954 e. The number of nitrogen functional groups attached to an aromatic ring is 1. The molecule has 1 saturated carbocycles. The van der Waals surface area contributed by atoms with Gasteiger partial charge in [-0.2, -0.15) is 0 Å². The van der Waals surface area contributed by atoms with Crippen LogP contribution in [0.5, 0.6) is 0 Å². The van der Waals surface area contributed by atoms with E-state index in [0.717, 1.165) is 18.0 Å². The predicted octanol–water partition coefficient (Wildman–Crippen LogP) is 3.66. The van der Waals surface area contributed by atoms with Crippen molar-refractivity contribution < 1.29 is 0 Å². The Hall–Kier alpha value is -1.77. The van der Waals surface area contributed by atoms with E-state index in [1.165, 1.54) is 48.9 Å². The molecule has 2 aromatic rings. The molecule has 1 unspecified atom stereocenters. The van der Waals surface area contributed by atoms with Crippen molar-refractivity contribution in [3.8, 4) is 0 Å². The molecule has 0 bridgehead atoms. The minimum absolute atomic E-state index is 0.456. The summed E-state index contributed by atoms with van der Waals surface area (Å²) in [5.74, 6) is 0.733. The van der Waals surface area contributed by atoms with Crippen molar-refractivity contribution >= 4 is 5.69 Å². The normalized spacial score (nSPS) is 22.3. The minimum atomic E-state index is 0.456. The smallest absolute Gasteiger partial charge is 0.0954 e. The lowest BCUT2D eigenvalue weighted by molar-refractivity contribution is 0.378. The zero-order valence-electron chi connectivity index (χ0n) is 11.8. The molecule has 3 nitrogen and oxygen atoms in total. The number of nitrogens with two attached hydrogens (primary N) is 1. The molecule has 1 atom stereocenters. The molecule has 0 aliphatic heterocycles. The van der Waals surface area contributed by atoms with Gasteiger partial charge in [-0.15, -0.1) is 0 Å². The largest absolute Gasteiger partial charge is 0.399 e. The number of nitrogens with zero attached hydrogens (tertiary/aromatic N) is 2. The van der Waals surface area contributed by atoms with E-state index in [1.807, 2.05) is 12.4 Å². The monoisotopic (exact) mass is 267 g/mol. The highest BCUT2D eigenvalue weighted by Gasteiger charge is 2.28. The lowest BCUT2D eigenvalue weighted by atomic mass is 9.82. The summed E-state index contributed by atoms with van der Waals surface area (Å²) >= 11 is 0. The lowest BCUT2D eigenvalue weighted by Crippen LogP contribution is -2.21. The van der Waals surface area contributed by atoms with E-state index in [-0.39, 0.29) is 0 Å². The van der Waals surface area contributed by atoms with E-state index < -0.39 is 0 Å². The number of aromatic nitrogens is 2. The van der Waals surface area contributed by atoms with Gasteiger partial charge in [0, 0.05) is 23.5 Å². The molecule has 2 aliphatic carbocycles. The molecule has 1 heterocycles. The Morgan fingerprint density at radius 1 is 1.15 bits per heavy atom. The van der Waals surface area contributed by atoms with Crippen molar-refractivity contribution in [2.24, 2.45) is 0 Å². The van der Waals surface area contributed by atoms with Crippen LogP contribution in [-0.2, 0) is 6.42 Å². The molecule has 2 aliphatic rings. The van der Waals surface area contributed by atoms with Crippen LogP contribution < -0.4 is 5.73 Å². The van der Waals surface area contributed by atoms with Crippen molar-refractivity contribution in [3.63, 3.8) is 0 Å². The first-order chi connectivity index (χ1) is 9.83. The predicted molar refractivity (Wildman–Crippen MR) is 80.8 cm³/mol. The van der Waals surface area contributed by atoms with Gasteiger partial charge in [0.25, 0.3) is 0 Å². The van der Waals surface area contributed by atoms with Crippen LogP contribution in [0, 0.1) is 0 Å². The number of fused-ring (bicyclic) bond motifs is 1. The van der Waals surface area contributed by atoms with Crippen molar-refractivity contribution in [1.82, 2.24) is 9.55 Å². The van der Waals surface area contributed by atoms with Gasteiger partial charge >= 0.3 is 0 Å². The molecule has 1 fully saturated rings. The third kappa shape index (κ3) is 1.84. The first-order valence-electron chi connectivity index (χ1n) is 7.73. The fourth-order valence-corrected chi connectivity index (χ4v) is 3.69. The van der Waals surface area contributed by atoms with Crippen LogP contribution in [0.4, 0.5) is 5.69 Å². The Bertz CT molecular complexity index is 625. The molecule has 3 heteroatoms. The zero-order valence-corrected chi connectivity index (χ0v) is 11.8. The molecule has 1 aromatic carbocycles. The molecule has 0 radical (unpaired) electrons. The highest BCUT2D eigenvalue weighted by Crippen LogP contribution is 2.40. The Morgan fingerprint density at radius 2 is 2.05 bits per heavy atom. The average Bonchev–Trinajstić information content (AvgIpc) is 2.84. The molecule has 4 rings (SSSR count). The number of benzene rings is 1. The summed E-state index contributed by atoms with van der Waals surface area (Å²) in [6.07, 6.45) is 11.7. The van der Waals surface area contributed by atoms with Gasteiger partial charge in [-0.1, -0.05) is 12.5 Å². The lowest BCUT2D eigenvalue weighted by Gasteiger charge is -2.32. The van der Waals surface area contributed by atoms with Crippen molar-refractivity contribution in [3.05, 3.63) is 47.5 Å². The van der Waals surface area contributed by atoms with Crippen LogP contribution >= 0.6 is 0 Å². The van der Waals surface area contributed by atoms with E-state index >= 15 is 0 Å². The quantitative estimate of drug-likeness (QED) is 0.844. The minimum Gasteiger partial charge on any atom is -0.399 e. The summed E-state index contributed by atoms with van der Waals surface area (Å²) in [6, 6.07) is 6.87. The first-order valence-corrected chi connectivity index (χ1v) is 7.73. The van der Waals surface area contributed by atoms with E-state index in [0.29, 0.717) is 6.04 Å². The number of imidazole rings is 1. The van der Waals surface area contributed by atoms with Gasteiger partial charge in [0.15, 0.2) is 0 Å². The topological polar surface area (TPSA) is 43.8 Å². The van der Waals surface area contributed by atoms with Gasteiger partial charge in [-0.05, 0) is 55.4 Å². The first kappa shape index (κ1) is 12.0. The average molecular weight is 267 g/mol. The highest BCUT2D eigenvalue weighted by atomic mass is 15.1. The van der Waals surface area contributed by atoms with E-state index in [1.54, 1.807) is 0 Å². The SMILES string of the molecule is Nc1ccc2c(c1)CCCC2n1cncc1C1CCC1. The molecule has 20 heavy (non-hydrogen) atoms. The second-order valence-electron chi connectivity index (χ2n) is 6.22. The number of rotatable bonds is 2. The molecule has 2 N–H and O–H groups in total. The second-order valence-corrected chi connectivity index (χ2v) is 6.22. The third-order valence-corrected chi connectivity index (χ3v) is 5.00. The summed E-state index contributed by atoms with van der Waals surface area (Å²) in [5, 5.41) is 0. The van der Waals surface area contributed by atoms with Crippen LogP contribution in [0.15, 0.2) is 30.7 Å². The Balaban J connectivity index is 1.75. The van der Waals surface area contributed by atoms with E-state index in [4.69, 9.17) is 5.73 Å². The fraction of sp³-hybridized carbons (Fsp3) is 0.471. The molecule has 0 saturated heterocycles. The molecule has 0 amide bonds. The molecule has 104 valence electrons. The van der Waals surface area contributed by atoms with Gasteiger partial charge in [0.05, 0.1) is 12.4 Å². The van der Waals surface area contributed by atoms with Gasteiger partial charge < -0.3 is 10.3 Å². The summed E-state index contributed by atoms with van der Waals surface area (Å²) in [5.41, 5.74) is 11.1. The summed E-state index contributed by atoms with van der Waals surface area (Å²) in [4.78, 5) is 4.43. The molecule has 0 spiro atoms. The van der Waals surface area contributed by atoms with E-state index in [9.17, 15) is 0 Å². The Kier molecular flexibility index (Phi) is 2.79. The Morgan fingerprint density at radius 3 is 2.85 bits per heavy atom. The maximum absolute atomic E-state index is 5.94. The summed E-state index contributed by atoms with van der Waals surface area (Å²) in [6.45, 7) is 0. The van der Waals surface area contributed by atoms with Gasteiger partial charge in [0.2, 0.25) is 0 Å².